The fourth-order valence-electron chi connectivity index (χ4n) is 5.58. The molecule has 1 heterocycles. The van der Waals surface area contributed by atoms with E-state index in [1.165, 1.54) is 7.11 Å². The SMILES string of the molecule is CCCCN(C)c1ccc(-c2cccc(CN(C(=O)OC)C3CCC(N)CC3)c2)cc1NC(=O)C1CCCO1. The lowest BCUT2D eigenvalue weighted by Gasteiger charge is -2.35. The van der Waals surface area contributed by atoms with Crippen LogP contribution in [0.25, 0.3) is 11.1 Å². The Morgan fingerprint density at radius 3 is 2.54 bits per heavy atom. The molecule has 1 saturated heterocycles. The molecular formula is C31H44N4O4. The molecule has 0 spiro atoms. The summed E-state index contributed by atoms with van der Waals surface area (Å²) < 4.78 is 10.8. The Labute approximate surface area is 232 Å². The molecule has 3 N–H and O–H groups in total. The van der Waals surface area contributed by atoms with Crippen LogP contribution in [0.1, 0.15) is 63.9 Å². The van der Waals surface area contributed by atoms with Crippen LogP contribution in [0.4, 0.5) is 16.2 Å². The van der Waals surface area contributed by atoms with Crippen LogP contribution in [0.15, 0.2) is 42.5 Å². The average Bonchev–Trinajstić information content (AvgIpc) is 3.50. The number of amides is 2. The van der Waals surface area contributed by atoms with Crippen molar-refractivity contribution in [2.75, 3.05) is 37.5 Å². The Morgan fingerprint density at radius 1 is 1.08 bits per heavy atom. The molecule has 2 fully saturated rings. The number of hydrogen-bond donors (Lipinski definition) is 2. The Balaban J connectivity index is 1.58. The highest BCUT2D eigenvalue weighted by atomic mass is 16.5. The van der Waals surface area contributed by atoms with Crippen molar-refractivity contribution >= 4 is 23.4 Å². The van der Waals surface area contributed by atoms with Crippen molar-refractivity contribution in [2.45, 2.75) is 83.0 Å². The van der Waals surface area contributed by atoms with E-state index in [9.17, 15) is 9.59 Å². The van der Waals surface area contributed by atoms with Gasteiger partial charge in [0.15, 0.2) is 0 Å². The molecule has 1 saturated carbocycles. The van der Waals surface area contributed by atoms with Gasteiger partial charge in [-0.2, -0.15) is 0 Å². The van der Waals surface area contributed by atoms with Gasteiger partial charge in [-0.05, 0) is 79.8 Å². The average molecular weight is 537 g/mol. The maximum atomic E-state index is 13.0. The van der Waals surface area contributed by atoms with E-state index in [4.69, 9.17) is 15.2 Å². The van der Waals surface area contributed by atoms with E-state index in [0.717, 1.165) is 86.0 Å². The van der Waals surface area contributed by atoms with Gasteiger partial charge in [-0.15, -0.1) is 0 Å². The quantitative estimate of drug-likeness (QED) is 0.414. The normalized spacial score (nSPS) is 20.9. The maximum absolute atomic E-state index is 13.0. The van der Waals surface area contributed by atoms with Crippen molar-refractivity contribution in [3.63, 3.8) is 0 Å². The number of rotatable bonds is 10. The van der Waals surface area contributed by atoms with Crippen LogP contribution in [-0.4, -0.2) is 62.4 Å². The standard InChI is InChI=1S/C31H44N4O4/c1-4-5-17-34(2)28-16-11-24(20-27(28)33-30(36)29-10-7-18-39-29)23-9-6-8-22(19-23)21-35(31(37)38-3)26-14-12-25(32)13-15-26/h6,8-9,11,16,19-20,25-26,29H,4-5,7,10,12-15,17-18,21,32H2,1-3H3,(H,33,36). The number of hydrogen-bond acceptors (Lipinski definition) is 6. The van der Waals surface area contributed by atoms with Crippen LogP contribution in [0.5, 0.6) is 0 Å². The molecule has 0 radical (unpaired) electrons. The van der Waals surface area contributed by atoms with E-state index < -0.39 is 6.10 Å². The number of nitrogens with zero attached hydrogens (tertiary/aromatic N) is 2. The summed E-state index contributed by atoms with van der Waals surface area (Å²) in [5.74, 6) is -0.0931. The van der Waals surface area contributed by atoms with Gasteiger partial charge in [-0.3, -0.25) is 4.79 Å². The fraction of sp³-hybridized carbons (Fsp3) is 0.548. The molecule has 0 bridgehead atoms. The van der Waals surface area contributed by atoms with E-state index in [1.807, 2.05) is 23.1 Å². The highest BCUT2D eigenvalue weighted by Gasteiger charge is 2.29. The predicted molar refractivity (Wildman–Crippen MR) is 156 cm³/mol. The molecule has 1 aliphatic heterocycles. The lowest BCUT2D eigenvalue weighted by molar-refractivity contribution is -0.124. The van der Waals surface area contributed by atoms with E-state index >= 15 is 0 Å². The Hall–Kier alpha value is -3.10. The predicted octanol–water partition coefficient (Wildman–Crippen LogP) is 5.55. The Bertz CT molecular complexity index is 1110. The minimum atomic E-state index is -0.399. The summed E-state index contributed by atoms with van der Waals surface area (Å²) in [5.41, 5.74) is 10.9. The first-order chi connectivity index (χ1) is 18.9. The fourth-order valence-corrected chi connectivity index (χ4v) is 5.58. The zero-order chi connectivity index (χ0) is 27.8. The highest BCUT2D eigenvalue weighted by molar-refractivity contribution is 5.98. The molecule has 4 rings (SSSR count). The van der Waals surface area contributed by atoms with E-state index in [-0.39, 0.29) is 24.1 Å². The van der Waals surface area contributed by atoms with Crippen LogP contribution >= 0.6 is 0 Å². The Morgan fingerprint density at radius 2 is 1.85 bits per heavy atom. The van der Waals surface area contributed by atoms with Crippen LogP contribution < -0.4 is 16.0 Å². The van der Waals surface area contributed by atoms with Gasteiger partial charge in [-0.25, -0.2) is 4.79 Å². The summed E-state index contributed by atoms with van der Waals surface area (Å²) >= 11 is 0. The minimum Gasteiger partial charge on any atom is -0.453 e. The largest absolute Gasteiger partial charge is 0.453 e. The highest BCUT2D eigenvalue weighted by Crippen LogP contribution is 2.33. The monoisotopic (exact) mass is 536 g/mol. The molecule has 2 aromatic rings. The molecule has 8 nitrogen and oxygen atoms in total. The summed E-state index contributed by atoms with van der Waals surface area (Å²) in [5, 5.41) is 3.15. The summed E-state index contributed by atoms with van der Waals surface area (Å²) in [6.45, 7) is 4.18. The van der Waals surface area contributed by atoms with Crippen molar-refractivity contribution < 1.29 is 19.1 Å². The van der Waals surface area contributed by atoms with E-state index in [1.54, 1.807) is 0 Å². The number of carbonyl (C=O) groups is 2. The number of nitrogens with one attached hydrogen (secondary N) is 1. The molecule has 1 unspecified atom stereocenters. The third-order valence-corrected chi connectivity index (χ3v) is 7.94. The van der Waals surface area contributed by atoms with Gasteiger partial charge in [0.05, 0.1) is 18.5 Å². The van der Waals surface area contributed by atoms with Crippen LogP contribution in [0.3, 0.4) is 0 Å². The molecule has 2 aromatic carbocycles. The molecule has 1 aliphatic carbocycles. The third-order valence-electron chi connectivity index (χ3n) is 7.94. The number of methoxy groups -OCH3 is 1. The molecule has 8 heteroatoms. The smallest absolute Gasteiger partial charge is 0.410 e. The van der Waals surface area contributed by atoms with Gasteiger partial charge in [0.2, 0.25) is 0 Å². The van der Waals surface area contributed by atoms with Gasteiger partial charge in [0.25, 0.3) is 5.91 Å². The van der Waals surface area contributed by atoms with Crippen molar-refractivity contribution in [3.05, 3.63) is 48.0 Å². The minimum absolute atomic E-state index is 0.0931. The molecule has 1 atom stereocenters. The van der Waals surface area contributed by atoms with Gasteiger partial charge in [0.1, 0.15) is 6.10 Å². The summed E-state index contributed by atoms with van der Waals surface area (Å²) in [4.78, 5) is 29.7. The molecule has 39 heavy (non-hydrogen) atoms. The molecular weight excluding hydrogens is 492 g/mol. The van der Waals surface area contributed by atoms with Gasteiger partial charge in [0, 0.05) is 38.8 Å². The topological polar surface area (TPSA) is 97.1 Å². The van der Waals surface area contributed by atoms with Gasteiger partial charge >= 0.3 is 6.09 Å². The van der Waals surface area contributed by atoms with Crippen LogP contribution in [-0.2, 0) is 20.8 Å². The van der Waals surface area contributed by atoms with Crippen molar-refractivity contribution in [3.8, 4) is 11.1 Å². The zero-order valence-corrected chi connectivity index (χ0v) is 23.7. The number of anilines is 2. The summed E-state index contributed by atoms with van der Waals surface area (Å²) in [6.07, 6.45) is 6.72. The summed E-state index contributed by atoms with van der Waals surface area (Å²) in [6, 6.07) is 14.8. The van der Waals surface area contributed by atoms with Crippen LogP contribution in [0, 0.1) is 0 Å². The van der Waals surface area contributed by atoms with Crippen LogP contribution in [0.2, 0.25) is 0 Å². The number of ether oxygens (including phenoxy) is 2. The second-order valence-electron chi connectivity index (χ2n) is 10.9. The number of carbonyl (C=O) groups excluding carboxylic acids is 2. The molecule has 2 amide bonds. The lowest BCUT2D eigenvalue weighted by Crippen LogP contribution is -2.43. The number of unbranched alkanes of at least 4 members (excludes halogenated alkanes) is 1. The second kappa shape index (κ2) is 13.8. The van der Waals surface area contributed by atoms with Gasteiger partial charge < -0.3 is 30.3 Å². The third kappa shape index (κ3) is 7.51. The number of nitrogens with two attached hydrogens (primary N) is 1. The van der Waals surface area contributed by atoms with Crippen molar-refractivity contribution in [1.82, 2.24) is 4.90 Å². The zero-order valence-electron chi connectivity index (χ0n) is 23.7. The molecule has 0 aromatic heterocycles. The lowest BCUT2D eigenvalue weighted by atomic mass is 9.90. The van der Waals surface area contributed by atoms with Crippen molar-refractivity contribution in [1.29, 1.82) is 0 Å². The van der Waals surface area contributed by atoms with E-state index in [0.29, 0.717) is 13.2 Å². The van der Waals surface area contributed by atoms with Crippen molar-refractivity contribution in [2.24, 2.45) is 5.73 Å². The molecule has 2 aliphatic rings. The van der Waals surface area contributed by atoms with E-state index in [2.05, 4.69) is 48.5 Å². The van der Waals surface area contributed by atoms with Gasteiger partial charge in [-0.1, -0.05) is 37.6 Å². The second-order valence-corrected chi connectivity index (χ2v) is 10.9. The Kier molecular flexibility index (Phi) is 10.2. The first-order valence-corrected chi connectivity index (χ1v) is 14.4. The molecule has 212 valence electrons. The maximum Gasteiger partial charge on any atom is 0.410 e. The summed E-state index contributed by atoms with van der Waals surface area (Å²) in [7, 11) is 3.50. The number of benzene rings is 2. The first kappa shape index (κ1) is 28.9. The first-order valence-electron chi connectivity index (χ1n) is 14.4.